The van der Waals surface area contributed by atoms with Crippen molar-refractivity contribution in [3.05, 3.63) is 0 Å². The Morgan fingerprint density at radius 3 is 2.05 bits per heavy atom. The zero-order valence-electron chi connectivity index (χ0n) is 13.3. The van der Waals surface area contributed by atoms with Crippen LogP contribution in [-0.4, -0.2) is 60.2 Å². The molecule has 0 aromatic carbocycles. The standard InChI is InChI=1S/C15H29NO4/c1-5-6-7-8-9-10-12(17)14(15(19)20)13(18)11-16(2,3)4/h13-14,18H,5-11H2,1-4H3/p+1/t13-,14-/m0/s1. The number of ketones is 1. The number of likely N-dealkylation sites (N-methyl/N-ethyl adjacent to an activating group) is 1. The number of carboxylic acids is 1. The van der Waals surface area contributed by atoms with Crippen molar-refractivity contribution in [2.24, 2.45) is 5.92 Å². The van der Waals surface area contributed by atoms with Crippen LogP contribution >= 0.6 is 0 Å². The molecular formula is C15H30NO4+. The molecule has 0 aromatic rings. The van der Waals surface area contributed by atoms with E-state index >= 15 is 0 Å². The first-order valence-electron chi connectivity index (χ1n) is 7.43. The normalized spacial score (nSPS) is 14.8. The van der Waals surface area contributed by atoms with Gasteiger partial charge in [-0.3, -0.25) is 9.59 Å². The van der Waals surface area contributed by atoms with Crippen LogP contribution in [0.25, 0.3) is 0 Å². The summed E-state index contributed by atoms with van der Waals surface area (Å²) in [5.41, 5.74) is 0. The van der Waals surface area contributed by atoms with Crippen molar-refractivity contribution in [3.63, 3.8) is 0 Å². The van der Waals surface area contributed by atoms with E-state index in [1.165, 1.54) is 0 Å². The Morgan fingerprint density at radius 1 is 1.05 bits per heavy atom. The maximum atomic E-state index is 12.0. The lowest BCUT2D eigenvalue weighted by Gasteiger charge is -2.28. The van der Waals surface area contributed by atoms with Crippen molar-refractivity contribution in [3.8, 4) is 0 Å². The minimum Gasteiger partial charge on any atom is -0.481 e. The average molecular weight is 288 g/mol. The third kappa shape index (κ3) is 8.27. The Balaban J connectivity index is 4.37. The number of carbonyl (C=O) groups is 2. The lowest BCUT2D eigenvalue weighted by molar-refractivity contribution is -0.873. The van der Waals surface area contributed by atoms with Crippen LogP contribution in [0.15, 0.2) is 0 Å². The molecule has 20 heavy (non-hydrogen) atoms. The predicted octanol–water partition coefficient (Wildman–Crippen LogP) is 1.68. The number of Topliss-reactive ketones (excluding diaryl/α,β-unsaturated/α-hetero) is 1. The smallest absolute Gasteiger partial charge is 0.316 e. The zero-order chi connectivity index (χ0) is 15.8. The van der Waals surface area contributed by atoms with E-state index in [4.69, 9.17) is 5.11 Å². The number of aliphatic hydroxyl groups excluding tert-OH is 1. The molecule has 0 bridgehead atoms. The summed E-state index contributed by atoms with van der Waals surface area (Å²) in [6.07, 6.45) is 4.11. The molecule has 0 spiro atoms. The number of hydrogen-bond donors (Lipinski definition) is 2. The summed E-state index contributed by atoms with van der Waals surface area (Å²) in [6, 6.07) is 0. The Labute approximate surface area is 122 Å². The highest BCUT2D eigenvalue weighted by molar-refractivity contribution is 5.98. The van der Waals surface area contributed by atoms with E-state index in [1.807, 2.05) is 21.1 Å². The Kier molecular flexibility index (Phi) is 8.65. The number of hydrogen-bond acceptors (Lipinski definition) is 3. The van der Waals surface area contributed by atoms with E-state index in [-0.39, 0.29) is 18.7 Å². The van der Waals surface area contributed by atoms with Gasteiger partial charge in [-0.25, -0.2) is 0 Å². The van der Waals surface area contributed by atoms with E-state index in [0.717, 1.165) is 25.7 Å². The van der Waals surface area contributed by atoms with Gasteiger partial charge < -0.3 is 14.7 Å². The van der Waals surface area contributed by atoms with Gasteiger partial charge in [-0.1, -0.05) is 32.6 Å². The number of rotatable bonds is 11. The van der Waals surface area contributed by atoms with Crippen molar-refractivity contribution in [2.75, 3.05) is 27.7 Å². The first-order valence-corrected chi connectivity index (χ1v) is 7.43. The van der Waals surface area contributed by atoms with Gasteiger partial charge in [-0.15, -0.1) is 0 Å². The number of aliphatic carboxylic acids is 1. The lowest BCUT2D eigenvalue weighted by Crippen LogP contribution is -2.47. The first kappa shape index (κ1) is 19.1. The van der Waals surface area contributed by atoms with E-state index in [9.17, 15) is 14.7 Å². The summed E-state index contributed by atoms with van der Waals surface area (Å²) < 4.78 is 0.425. The highest BCUT2D eigenvalue weighted by atomic mass is 16.4. The number of unbranched alkanes of at least 4 members (excludes halogenated alkanes) is 4. The van der Waals surface area contributed by atoms with E-state index in [2.05, 4.69) is 6.92 Å². The topological polar surface area (TPSA) is 74.6 Å². The number of carboxylic acid groups (broad SMARTS) is 1. The molecule has 0 aliphatic rings. The molecule has 5 heteroatoms. The molecule has 0 rings (SSSR count). The van der Waals surface area contributed by atoms with Crippen molar-refractivity contribution in [1.29, 1.82) is 0 Å². The zero-order valence-corrected chi connectivity index (χ0v) is 13.3. The molecular weight excluding hydrogens is 258 g/mol. The van der Waals surface area contributed by atoms with Crippen LogP contribution in [0.4, 0.5) is 0 Å². The molecule has 0 saturated carbocycles. The Bertz CT molecular complexity index is 309. The van der Waals surface area contributed by atoms with Crippen LogP contribution < -0.4 is 0 Å². The lowest BCUT2D eigenvalue weighted by atomic mass is 9.93. The maximum absolute atomic E-state index is 12.0. The molecule has 0 unspecified atom stereocenters. The largest absolute Gasteiger partial charge is 0.481 e. The van der Waals surface area contributed by atoms with Crippen molar-refractivity contribution in [2.45, 2.75) is 51.6 Å². The summed E-state index contributed by atoms with van der Waals surface area (Å²) in [7, 11) is 5.58. The second-order valence-electron chi connectivity index (χ2n) is 6.49. The third-order valence-electron chi connectivity index (χ3n) is 3.26. The molecule has 0 radical (unpaired) electrons. The van der Waals surface area contributed by atoms with E-state index in [0.29, 0.717) is 10.9 Å². The molecule has 0 heterocycles. The summed E-state index contributed by atoms with van der Waals surface area (Å²) in [5.74, 6) is -2.86. The first-order chi connectivity index (χ1) is 9.19. The summed E-state index contributed by atoms with van der Waals surface area (Å²) >= 11 is 0. The fourth-order valence-corrected chi connectivity index (χ4v) is 2.24. The number of carbonyl (C=O) groups excluding carboxylic acids is 1. The van der Waals surface area contributed by atoms with Gasteiger partial charge in [-0.2, -0.15) is 0 Å². The number of aliphatic hydroxyl groups is 1. The van der Waals surface area contributed by atoms with Crippen LogP contribution in [-0.2, 0) is 9.59 Å². The van der Waals surface area contributed by atoms with Gasteiger partial charge in [0.15, 0.2) is 0 Å². The molecule has 0 aliphatic carbocycles. The van der Waals surface area contributed by atoms with Gasteiger partial charge in [0.05, 0.1) is 21.1 Å². The van der Waals surface area contributed by atoms with Gasteiger partial charge in [0.2, 0.25) is 0 Å². The van der Waals surface area contributed by atoms with Crippen LogP contribution in [0.3, 0.4) is 0 Å². The molecule has 2 N–H and O–H groups in total. The molecule has 0 aliphatic heterocycles. The summed E-state index contributed by atoms with van der Waals surface area (Å²) in [4.78, 5) is 23.2. The van der Waals surface area contributed by atoms with E-state index in [1.54, 1.807) is 0 Å². The van der Waals surface area contributed by atoms with Crippen molar-refractivity contribution < 1.29 is 24.3 Å². The average Bonchev–Trinajstić information content (AvgIpc) is 2.25. The molecule has 118 valence electrons. The van der Waals surface area contributed by atoms with Gasteiger partial charge in [0.25, 0.3) is 0 Å². The van der Waals surface area contributed by atoms with Crippen LogP contribution in [0.2, 0.25) is 0 Å². The quantitative estimate of drug-likeness (QED) is 0.345. The second kappa shape index (κ2) is 9.08. The highest BCUT2D eigenvalue weighted by Gasteiger charge is 2.35. The molecule has 0 amide bonds. The number of quaternary nitrogens is 1. The minimum absolute atomic E-state index is 0.245. The van der Waals surface area contributed by atoms with Gasteiger partial charge in [-0.05, 0) is 6.42 Å². The summed E-state index contributed by atoms with van der Waals surface area (Å²) in [6.45, 7) is 2.37. The minimum atomic E-state index is -1.29. The maximum Gasteiger partial charge on any atom is 0.316 e. The summed E-state index contributed by atoms with van der Waals surface area (Å²) in [5, 5.41) is 19.2. The van der Waals surface area contributed by atoms with Gasteiger partial charge in [0, 0.05) is 6.42 Å². The number of nitrogens with zero attached hydrogens (tertiary/aromatic N) is 1. The predicted molar refractivity (Wildman–Crippen MR) is 78.4 cm³/mol. The Morgan fingerprint density at radius 2 is 1.60 bits per heavy atom. The highest BCUT2D eigenvalue weighted by Crippen LogP contribution is 2.14. The van der Waals surface area contributed by atoms with E-state index < -0.39 is 18.0 Å². The van der Waals surface area contributed by atoms with Crippen molar-refractivity contribution in [1.82, 2.24) is 0 Å². The Hall–Kier alpha value is -0.940. The monoisotopic (exact) mass is 288 g/mol. The fourth-order valence-electron chi connectivity index (χ4n) is 2.24. The van der Waals surface area contributed by atoms with Crippen LogP contribution in [0.5, 0.6) is 0 Å². The fraction of sp³-hybridized carbons (Fsp3) is 0.867. The third-order valence-corrected chi connectivity index (χ3v) is 3.26. The van der Waals surface area contributed by atoms with Crippen molar-refractivity contribution >= 4 is 11.8 Å². The molecule has 2 atom stereocenters. The van der Waals surface area contributed by atoms with Gasteiger partial charge in [0.1, 0.15) is 24.3 Å². The molecule has 5 nitrogen and oxygen atoms in total. The van der Waals surface area contributed by atoms with Crippen LogP contribution in [0.1, 0.15) is 45.4 Å². The molecule has 0 aromatic heterocycles. The molecule has 0 fully saturated rings. The SMILES string of the molecule is CCCCCCCC(=O)[C@H](C(=O)O)[C@@H](O)C[N+](C)(C)C. The van der Waals surface area contributed by atoms with Crippen LogP contribution in [0, 0.1) is 5.92 Å². The molecule has 0 saturated heterocycles. The van der Waals surface area contributed by atoms with Gasteiger partial charge >= 0.3 is 5.97 Å². The second-order valence-corrected chi connectivity index (χ2v) is 6.49.